The molecule has 0 saturated heterocycles. The summed E-state index contributed by atoms with van der Waals surface area (Å²) in [4.78, 5) is 24.0. The van der Waals surface area contributed by atoms with Crippen LogP contribution >= 0.6 is 0 Å². The summed E-state index contributed by atoms with van der Waals surface area (Å²) in [6, 6.07) is 13.3. The molecule has 31 heavy (non-hydrogen) atoms. The summed E-state index contributed by atoms with van der Waals surface area (Å²) < 4.78 is 8.12. The van der Waals surface area contributed by atoms with E-state index < -0.39 is 11.9 Å². The Morgan fingerprint density at radius 3 is 1.58 bits per heavy atom. The zero-order valence-corrected chi connectivity index (χ0v) is 19.1. The standard InChI is InChI=1S/C14H15N4.C7H5NO4.Ir/c1-15-6-8-17(11-15)13-4-3-5-14(10-13)18-9-7-16(2)12-18;9-6(10)4-2-1-3-5(8-4)7(11)12;/h3-9,11-12H,1-2H3;1-3H,(H,9,10)(H,11,12);/q+1;;. The number of hydrogen-bond acceptors (Lipinski definition) is 3. The smallest absolute Gasteiger partial charge is 0.354 e. The zero-order valence-electron chi connectivity index (χ0n) is 16.7. The third-order valence-corrected chi connectivity index (χ3v) is 4.05. The molecule has 0 amide bonds. The first-order valence-electron chi connectivity index (χ1n) is 8.86. The van der Waals surface area contributed by atoms with E-state index in [2.05, 4.69) is 11.1 Å². The van der Waals surface area contributed by atoms with Crippen molar-refractivity contribution in [2.45, 2.75) is 0 Å². The molecule has 0 saturated carbocycles. The van der Waals surface area contributed by atoms with Gasteiger partial charge in [-0.15, -0.1) is 18.2 Å². The van der Waals surface area contributed by atoms with Crippen LogP contribution in [-0.2, 0) is 34.2 Å². The van der Waals surface area contributed by atoms with E-state index in [4.69, 9.17) is 10.2 Å². The van der Waals surface area contributed by atoms with Crippen molar-refractivity contribution in [3.63, 3.8) is 0 Å². The minimum Gasteiger partial charge on any atom is -0.477 e. The van der Waals surface area contributed by atoms with Crippen molar-refractivity contribution >= 4 is 11.9 Å². The molecule has 0 atom stereocenters. The third-order valence-electron chi connectivity index (χ3n) is 4.05. The van der Waals surface area contributed by atoms with E-state index in [-0.39, 0.29) is 31.5 Å². The maximum Gasteiger partial charge on any atom is 0.354 e. The van der Waals surface area contributed by atoms with Crippen molar-refractivity contribution in [3.05, 3.63) is 91.3 Å². The molecule has 0 aliphatic heterocycles. The van der Waals surface area contributed by atoms with Crippen LogP contribution < -0.4 is 0 Å². The Morgan fingerprint density at radius 1 is 0.806 bits per heavy atom. The van der Waals surface area contributed by atoms with E-state index >= 15 is 0 Å². The maximum absolute atomic E-state index is 10.3. The van der Waals surface area contributed by atoms with E-state index in [0.717, 1.165) is 11.4 Å². The Balaban J connectivity index is 0.000000231. The first-order chi connectivity index (χ1) is 14.3. The van der Waals surface area contributed by atoms with Gasteiger partial charge in [-0.05, 0) is 18.2 Å². The number of rotatable bonds is 4. The number of carboxylic acid groups (broad SMARTS) is 2. The van der Waals surface area contributed by atoms with Crippen LogP contribution in [0.3, 0.4) is 0 Å². The number of benzene rings is 1. The summed E-state index contributed by atoms with van der Waals surface area (Å²) in [6.07, 6.45) is 12.1. The fourth-order valence-electron chi connectivity index (χ4n) is 2.60. The molecule has 4 rings (SSSR count). The number of pyridine rings is 1. The summed E-state index contributed by atoms with van der Waals surface area (Å²) in [5.74, 6) is -2.48. The molecule has 3 aromatic heterocycles. The molecule has 0 fully saturated rings. The number of nitrogens with zero attached hydrogens (tertiary/aromatic N) is 5. The van der Waals surface area contributed by atoms with Gasteiger partial charge in [0.15, 0.2) is 12.7 Å². The molecule has 161 valence electrons. The van der Waals surface area contributed by atoms with Gasteiger partial charge in [0.25, 0.3) is 0 Å². The van der Waals surface area contributed by atoms with Gasteiger partial charge < -0.3 is 10.2 Å². The second-order valence-corrected chi connectivity index (χ2v) is 6.41. The number of aryl methyl sites for hydroxylation is 2. The van der Waals surface area contributed by atoms with E-state index in [9.17, 15) is 9.59 Å². The quantitative estimate of drug-likeness (QED) is 0.352. The first-order valence-corrected chi connectivity index (χ1v) is 8.86. The Bertz CT molecular complexity index is 1120. The molecule has 0 spiro atoms. The van der Waals surface area contributed by atoms with Crippen molar-refractivity contribution in [3.8, 4) is 11.4 Å². The Morgan fingerprint density at radius 2 is 1.23 bits per heavy atom. The molecule has 1 radical (unpaired) electrons. The molecule has 10 heteroatoms. The van der Waals surface area contributed by atoms with Crippen LogP contribution in [0, 0.1) is 6.07 Å². The van der Waals surface area contributed by atoms with Gasteiger partial charge in [0.1, 0.15) is 36.2 Å². The van der Waals surface area contributed by atoms with Crippen LogP contribution in [0.2, 0.25) is 0 Å². The molecule has 3 heterocycles. The van der Waals surface area contributed by atoms with Crippen LogP contribution in [0.5, 0.6) is 0 Å². The zero-order chi connectivity index (χ0) is 21.7. The summed E-state index contributed by atoms with van der Waals surface area (Å²) in [6.45, 7) is 0. The number of aromatic nitrogens is 5. The topological polar surface area (TPSA) is 107 Å². The van der Waals surface area contributed by atoms with Gasteiger partial charge in [0, 0.05) is 45.6 Å². The van der Waals surface area contributed by atoms with E-state index in [1.807, 2.05) is 88.0 Å². The summed E-state index contributed by atoms with van der Waals surface area (Å²) in [5.41, 5.74) is 1.53. The van der Waals surface area contributed by atoms with Gasteiger partial charge in [-0.25, -0.2) is 23.7 Å². The number of aromatic carboxylic acids is 2. The van der Waals surface area contributed by atoms with Gasteiger partial charge >= 0.3 is 11.9 Å². The van der Waals surface area contributed by atoms with Crippen molar-refractivity contribution < 1.29 is 39.9 Å². The second kappa shape index (κ2) is 10.4. The van der Waals surface area contributed by atoms with Gasteiger partial charge in [-0.1, -0.05) is 6.07 Å². The number of hydrogen-bond donors (Lipinski definition) is 2. The van der Waals surface area contributed by atoms with E-state index in [1.54, 1.807) is 0 Å². The molecule has 4 aromatic rings. The van der Waals surface area contributed by atoms with Gasteiger partial charge in [0.2, 0.25) is 0 Å². The van der Waals surface area contributed by atoms with E-state index in [1.165, 1.54) is 18.2 Å². The molecular formula is C21H20IrN5O4+. The molecule has 2 N–H and O–H groups in total. The summed E-state index contributed by atoms with van der Waals surface area (Å²) >= 11 is 0. The normalized spacial score (nSPS) is 9.87. The average molecular weight is 599 g/mol. The van der Waals surface area contributed by atoms with Gasteiger partial charge in [-0.3, -0.25) is 9.13 Å². The van der Waals surface area contributed by atoms with Crippen LogP contribution in [-0.4, -0.2) is 45.4 Å². The van der Waals surface area contributed by atoms with Crippen LogP contribution in [0.1, 0.15) is 21.0 Å². The van der Waals surface area contributed by atoms with Crippen LogP contribution in [0.25, 0.3) is 11.4 Å². The Hall–Kier alpha value is -3.62. The third kappa shape index (κ3) is 6.18. The molecule has 1 aromatic carbocycles. The number of carbonyl (C=O) groups is 2. The minimum atomic E-state index is -1.24. The molecule has 0 unspecified atom stereocenters. The minimum absolute atomic E-state index is 0. The molecule has 0 aliphatic carbocycles. The maximum atomic E-state index is 10.3. The van der Waals surface area contributed by atoms with E-state index in [0.29, 0.717) is 0 Å². The molecular weight excluding hydrogens is 578 g/mol. The molecule has 9 nitrogen and oxygen atoms in total. The SMILES string of the molecule is Cn1ccn(-c2[c-]c(-n3ccn(C)[cH+]3)ccc2)[cH+]1.O=C(O)c1cccc(C(=O)O)n1.[Ir]. The number of carboxylic acids is 2. The number of imidazole rings is 2. The predicted octanol–water partition coefficient (Wildman–Crippen LogP) is 2.78. The summed E-state index contributed by atoms with van der Waals surface area (Å²) in [7, 11) is 4.01. The van der Waals surface area contributed by atoms with Gasteiger partial charge in [0.05, 0.1) is 0 Å². The van der Waals surface area contributed by atoms with Crippen molar-refractivity contribution in [1.82, 2.24) is 23.3 Å². The second-order valence-electron chi connectivity index (χ2n) is 6.41. The average Bonchev–Trinajstić information content (AvgIpc) is 3.37. The summed E-state index contributed by atoms with van der Waals surface area (Å²) in [5, 5.41) is 16.9. The predicted molar refractivity (Wildman–Crippen MR) is 109 cm³/mol. The van der Waals surface area contributed by atoms with Crippen molar-refractivity contribution in [1.29, 1.82) is 0 Å². The fourth-order valence-corrected chi connectivity index (χ4v) is 2.60. The molecule has 0 bridgehead atoms. The monoisotopic (exact) mass is 599 g/mol. The van der Waals surface area contributed by atoms with Crippen molar-refractivity contribution in [2.24, 2.45) is 14.1 Å². The Kier molecular flexibility index (Phi) is 7.95. The fraction of sp³-hybridized carbons (Fsp3) is 0.0952. The Labute approximate surface area is 191 Å². The van der Waals surface area contributed by atoms with Gasteiger partial charge in [-0.2, -0.15) is 0 Å². The largest absolute Gasteiger partial charge is 0.477 e. The molecule has 0 aliphatic rings. The van der Waals surface area contributed by atoms with Crippen LogP contribution in [0.15, 0.2) is 73.8 Å². The van der Waals surface area contributed by atoms with Crippen molar-refractivity contribution in [2.75, 3.05) is 0 Å². The van der Waals surface area contributed by atoms with Crippen LogP contribution in [0.4, 0.5) is 0 Å². The first kappa shape index (κ1) is 23.7.